The molecule has 0 spiro atoms. The number of carbonyl (C=O) groups is 1. The SMILES string of the molecule is O=C(COc1ccc2ccc(=O)oc2c1)N1CCc2cc([N+](=O)[O-])ccc21. The molecule has 0 radical (unpaired) electrons. The molecule has 0 aliphatic carbocycles. The molecule has 27 heavy (non-hydrogen) atoms. The number of benzene rings is 2. The summed E-state index contributed by atoms with van der Waals surface area (Å²) in [7, 11) is 0. The number of hydrogen-bond acceptors (Lipinski definition) is 6. The highest BCUT2D eigenvalue weighted by Crippen LogP contribution is 2.31. The van der Waals surface area contributed by atoms with Gasteiger partial charge >= 0.3 is 5.63 Å². The summed E-state index contributed by atoms with van der Waals surface area (Å²) in [6.45, 7) is 0.254. The van der Waals surface area contributed by atoms with Crippen molar-refractivity contribution in [3.05, 3.63) is 74.6 Å². The first-order chi connectivity index (χ1) is 13.0. The molecule has 0 N–H and O–H groups in total. The van der Waals surface area contributed by atoms with Crippen LogP contribution in [0, 0.1) is 10.1 Å². The average molecular weight is 366 g/mol. The van der Waals surface area contributed by atoms with Crippen LogP contribution in [0.4, 0.5) is 11.4 Å². The number of nitrogens with zero attached hydrogens (tertiary/aromatic N) is 2. The van der Waals surface area contributed by atoms with Gasteiger partial charge in [-0.3, -0.25) is 14.9 Å². The van der Waals surface area contributed by atoms with Gasteiger partial charge in [-0.2, -0.15) is 0 Å². The van der Waals surface area contributed by atoms with Gasteiger partial charge in [-0.1, -0.05) is 0 Å². The minimum Gasteiger partial charge on any atom is -0.484 e. The van der Waals surface area contributed by atoms with E-state index in [1.807, 2.05) is 0 Å². The largest absolute Gasteiger partial charge is 0.484 e. The van der Waals surface area contributed by atoms with Crippen molar-refractivity contribution in [2.24, 2.45) is 0 Å². The molecule has 1 aliphatic rings. The maximum Gasteiger partial charge on any atom is 0.336 e. The van der Waals surface area contributed by atoms with Crippen LogP contribution in [0.3, 0.4) is 0 Å². The first-order valence-electron chi connectivity index (χ1n) is 8.26. The maximum absolute atomic E-state index is 12.5. The van der Waals surface area contributed by atoms with E-state index in [2.05, 4.69) is 0 Å². The molecule has 1 aliphatic heterocycles. The molecule has 8 nitrogen and oxygen atoms in total. The second kappa shape index (κ2) is 6.56. The monoisotopic (exact) mass is 366 g/mol. The lowest BCUT2D eigenvalue weighted by molar-refractivity contribution is -0.384. The zero-order chi connectivity index (χ0) is 19.0. The van der Waals surface area contributed by atoms with Crippen molar-refractivity contribution in [1.29, 1.82) is 0 Å². The van der Waals surface area contributed by atoms with Crippen molar-refractivity contribution < 1.29 is 18.9 Å². The molecule has 2 aromatic carbocycles. The number of carbonyl (C=O) groups excluding carboxylic acids is 1. The van der Waals surface area contributed by atoms with Crippen LogP contribution in [-0.2, 0) is 11.2 Å². The van der Waals surface area contributed by atoms with Crippen molar-refractivity contribution in [3.8, 4) is 5.75 Å². The smallest absolute Gasteiger partial charge is 0.336 e. The van der Waals surface area contributed by atoms with E-state index < -0.39 is 10.5 Å². The Hall–Kier alpha value is -3.68. The summed E-state index contributed by atoms with van der Waals surface area (Å²) in [5, 5.41) is 11.6. The second-order valence-electron chi connectivity index (χ2n) is 6.11. The standard InChI is InChI=1S/C19H14N2O6/c22-18(20-8-7-13-9-14(21(24)25)3-5-16(13)20)11-26-15-4-1-12-2-6-19(23)27-17(12)10-15/h1-6,9-10H,7-8,11H2. The Morgan fingerprint density at radius 2 is 2.00 bits per heavy atom. The van der Waals surface area contributed by atoms with E-state index in [9.17, 15) is 19.7 Å². The van der Waals surface area contributed by atoms with E-state index >= 15 is 0 Å². The highest BCUT2D eigenvalue weighted by Gasteiger charge is 2.26. The molecule has 0 saturated heterocycles. The Bertz CT molecular complexity index is 1120. The number of fused-ring (bicyclic) bond motifs is 2. The van der Waals surface area contributed by atoms with Gasteiger partial charge in [-0.15, -0.1) is 0 Å². The van der Waals surface area contributed by atoms with E-state index in [4.69, 9.17) is 9.15 Å². The fourth-order valence-corrected chi connectivity index (χ4v) is 3.11. The van der Waals surface area contributed by atoms with Crippen LogP contribution in [0.25, 0.3) is 11.0 Å². The Kier molecular flexibility index (Phi) is 4.08. The van der Waals surface area contributed by atoms with Gasteiger partial charge in [-0.05, 0) is 36.2 Å². The number of non-ortho nitro benzene ring substituents is 1. The van der Waals surface area contributed by atoms with Crippen LogP contribution in [0.1, 0.15) is 5.56 Å². The number of nitro benzene ring substituents is 1. The molecule has 136 valence electrons. The van der Waals surface area contributed by atoms with Crippen LogP contribution in [0.5, 0.6) is 5.75 Å². The summed E-state index contributed by atoms with van der Waals surface area (Å²) < 4.78 is 10.6. The molecule has 1 aromatic heterocycles. The van der Waals surface area contributed by atoms with Crippen molar-refractivity contribution in [3.63, 3.8) is 0 Å². The van der Waals surface area contributed by atoms with E-state index in [1.165, 1.54) is 18.2 Å². The van der Waals surface area contributed by atoms with Crippen molar-refractivity contribution in [1.82, 2.24) is 0 Å². The summed E-state index contributed by atoms with van der Waals surface area (Å²) in [6.07, 6.45) is 0.559. The van der Waals surface area contributed by atoms with Crippen molar-refractivity contribution in [2.45, 2.75) is 6.42 Å². The Labute approximate surface area is 152 Å². The first-order valence-corrected chi connectivity index (χ1v) is 8.26. The van der Waals surface area contributed by atoms with Crippen LogP contribution >= 0.6 is 0 Å². The van der Waals surface area contributed by atoms with Crippen LogP contribution < -0.4 is 15.3 Å². The van der Waals surface area contributed by atoms with Gasteiger partial charge in [0, 0.05) is 41.9 Å². The molecule has 3 aromatic rings. The molecule has 2 heterocycles. The number of rotatable bonds is 4. The summed E-state index contributed by atoms with van der Waals surface area (Å²) >= 11 is 0. The van der Waals surface area contributed by atoms with Crippen LogP contribution in [-0.4, -0.2) is 24.0 Å². The molecule has 0 unspecified atom stereocenters. The summed E-state index contributed by atoms with van der Waals surface area (Å²) in [4.78, 5) is 35.8. The molecule has 1 amide bonds. The number of hydrogen-bond donors (Lipinski definition) is 0. The van der Waals surface area contributed by atoms with E-state index in [0.717, 1.165) is 10.9 Å². The first kappa shape index (κ1) is 16.8. The lowest BCUT2D eigenvalue weighted by Crippen LogP contribution is -2.33. The lowest BCUT2D eigenvalue weighted by atomic mass is 10.1. The highest BCUT2D eigenvalue weighted by molar-refractivity contribution is 5.96. The van der Waals surface area contributed by atoms with Gasteiger partial charge in [0.2, 0.25) is 0 Å². The van der Waals surface area contributed by atoms with E-state index in [-0.39, 0.29) is 18.2 Å². The molecule has 0 saturated carbocycles. The van der Waals surface area contributed by atoms with Crippen LogP contribution in [0.2, 0.25) is 0 Å². The quantitative estimate of drug-likeness (QED) is 0.399. The van der Waals surface area contributed by atoms with Gasteiger partial charge in [0.1, 0.15) is 11.3 Å². The Balaban J connectivity index is 1.48. The van der Waals surface area contributed by atoms with Gasteiger partial charge in [0.15, 0.2) is 6.61 Å². The van der Waals surface area contributed by atoms with Gasteiger partial charge < -0.3 is 14.1 Å². The maximum atomic E-state index is 12.5. The van der Waals surface area contributed by atoms with E-state index in [0.29, 0.717) is 30.0 Å². The summed E-state index contributed by atoms with van der Waals surface area (Å²) in [5.41, 5.74) is 1.37. The van der Waals surface area contributed by atoms with Crippen molar-refractivity contribution in [2.75, 3.05) is 18.1 Å². The molecule has 4 rings (SSSR count). The zero-order valence-corrected chi connectivity index (χ0v) is 14.1. The fourth-order valence-electron chi connectivity index (χ4n) is 3.11. The number of amides is 1. The van der Waals surface area contributed by atoms with Gasteiger partial charge in [0.05, 0.1) is 4.92 Å². The third kappa shape index (κ3) is 3.24. The minimum absolute atomic E-state index is 0.0111. The normalized spacial score (nSPS) is 12.8. The average Bonchev–Trinajstić information content (AvgIpc) is 3.09. The second-order valence-corrected chi connectivity index (χ2v) is 6.11. The van der Waals surface area contributed by atoms with Gasteiger partial charge in [0.25, 0.3) is 11.6 Å². The lowest BCUT2D eigenvalue weighted by Gasteiger charge is -2.17. The molecule has 0 fully saturated rings. The zero-order valence-electron chi connectivity index (χ0n) is 14.1. The number of anilines is 1. The summed E-state index contributed by atoms with van der Waals surface area (Å²) in [6, 6.07) is 12.4. The fraction of sp³-hybridized carbons (Fsp3) is 0.158. The van der Waals surface area contributed by atoms with Crippen molar-refractivity contribution >= 4 is 28.3 Å². The molecule has 8 heteroatoms. The van der Waals surface area contributed by atoms with E-state index in [1.54, 1.807) is 35.2 Å². The highest BCUT2D eigenvalue weighted by atomic mass is 16.6. The van der Waals surface area contributed by atoms with Crippen LogP contribution in [0.15, 0.2) is 57.7 Å². The molecule has 0 bridgehead atoms. The van der Waals surface area contributed by atoms with Gasteiger partial charge in [-0.25, -0.2) is 4.79 Å². The third-order valence-corrected chi connectivity index (χ3v) is 4.43. The summed E-state index contributed by atoms with van der Waals surface area (Å²) in [5.74, 6) is 0.158. The topological polar surface area (TPSA) is 103 Å². The molecular formula is C19H14N2O6. The minimum atomic E-state index is -0.460. The molecular weight excluding hydrogens is 352 g/mol. The third-order valence-electron chi connectivity index (χ3n) is 4.43. The Morgan fingerprint density at radius 1 is 1.19 bits per heavy atom. The predicted octanol–water partition coefficient (Wildman–Crippen LogP) is 2.67. The predicted molar refractivity (Wildman–Crippen MR) is 97.1 cm³/mol. The number of nitro groups is 1. The Morgan fingerprint density at radius 3 is 2.81 bits per heavy atom. The molecule has 0 atom stereocenters. The number of ether oxygens (including phenoxy) is 1.